The summed E-state index contributed by atoms with van der Waals surface area (Å²) in [7, 11) is 1.24. The minimum Gasteiger partial charge on any atom is -0.462 e. The minimum absolute atomic E-state index is 0.0936. The van der Waals surface area contributed by atoms with Crippen molar-refractivity contribution in [2.24, 2.45) is 0 Å². The number of hydrogen-bond acceptors (Lipinski definition) is 6. The molecule has 0 fully saturated rings. The Morgan fingerprint density at radius 3 is 2.09 bits per heavy atom. The molecule has 6 nitrogen and oxygen atoms in total. The van der Waals surface area contributed by atoms with Gasteiger partial charge in [-0.3, -0.25) is 0 Å². The highest BCUT2D eigenvalue weighted by Crippen LogP contribution is 2.19. The molecule has 32 heavy (non-hydrogen) atoms. The molecule has 0 saturated carbocycles. The molecule has 1 aromatic carbocycles. The van der Waals surface area contributed by atoms with Gasteiger partial charge >= 0.3 is 12.1 Å². The van der Waals surface area contributed by atoms with Crippen molar-refractivity contribution in [2.45, 2.75) is 104 Å². The zero-order valence-electron chi connectivity index (χ0n) is 20.4. The number of benzene rings is 1. The topological polar surface area (TPSA) is 71.1 Å². The van der Waals surface area contributed by atoms with Crippen LogP contribution in [-0.2, 0) is 14.2 Å². The summed E-state index contributed by atoms with van der Waals surface area (Å²) in [5, 5.41) is 0. The molecule has 0 aliphatic heterocycles. The molecule has 0 spiro atoms. The molecule has 2 atom stereocenters. The lowest BCUT2D eigenvalue weighted by atomic mass is 10.0. The zero-order valence-corrected chi connectivity index (χ0v) is 20.4. The van der Waals surface area contributed by atoms with Crippen molar-refractivity contribution in [1.29, 1.82) is 0 Å². The van der Waals surface area contributed by atoms with Crippen LogP contribution in [0.4, 0.5) is 4.79 Å². The van der Waals surface area contributed by atoms with Crippen LogP contribution in [0.2, 0.25) is 0 Å². The number of hydrogen-bond donors (Lipinski definition) is 0. The average molecular weight is 451 g/mol. The summed E-state index contributed by atoms with van der Waals surface area (Å²) >= 11 is 0. The first kappa shape index (κ1) is 28.0. The third-order valence-electron chi connectivity index (χ3n) is 5.48. The van der Waals surface area contributed by atoms with E-state index in [-0.39, 0.29) is 6.10 Å². The predicted molar refractivity (Wildman–Crippen MR) is 126 cm³/mol. The molecule has 1 unspecified atom stereocenters. The largest absolute Gasteiger partial charge is 0.513 e. The van der Waals surface area contributed by atoms with Crippen LogP contribution in [0.25, 0.3) is 0 Å². The zero-order chi connectivity index (χ0) is 23.6. The van der Waals surface area contributed by atoms with E-state index >= 15 is 0 Å². The fourth-order valence-electron chi connectivity index (χ4n) is 3.49. The van der Waals surface area contributed by atoms with Gasteiger partial charge in [0.15, 0.2) is 0 Å². The minimum atomic E-state index is -0.802. The van der Waals surface area contributed by atoms with Crippen molar-refractivity contribution < 1.29 is 28.5 Å². The van der Waals surface area contributed by atoms with E-state index in [1.807, 2.05) is 0 Å². The molecule has 0 saturated heterocycles. The molecule has 1 rings (SSSR count). The summed E-state index contributed by atoms with van der Waals surface area (Å²) in [6.07, 6.45) is 12.1. The van der Waals surface area contributed by atoms with Crippen LogP contribution in [0.3, 0.4) is 0 Å². The Kier molecular flexibility index (Phi) is 15.3. The number of carbonyl (C=O) groups excluding carboxylic acids is 2. The second-order valence-corrected chi connectivity index (χ2v) is 8.14. The van der Waals surface area contributed by atoms with Crippen molar-refractivity contribution >= 4 is 12.1 Å². The fraction of sp³-hybridized carbons (Fsp3) is 0.692. The first-order chi connectivity index (χ1) is 15.5. The van der Waals surface area contributed by atoms with Gasteiger partial charge in [0.05, 0.1) is 31.5 Å². The lowest BCUT2D eigenvalue weighted by Gasteiger charge is -2.24. The lowest BCUT2D eigenvalue weighted by molar-refractivity contribution is -0.0364. The lowest BCUT2D eigenvalue weighted by Crippen LogP contribution is -2.24. The monoisotopic (exact) mass is 450 g/mol. The Hall–Kier alpha value is -2.08. The van der Waals surface area contributed by atoms with Gasteiger partial charge in [-0.15, -0.1) is 0 Å². The van der Waals surface area contributed by atoms with Gasteiger partial charge in [0.2, 0.25) is 0 Å². The summed E-state index contributed by atoms with van der Waals surface area (Å²) in [5.41, 5.74) is 0.407. The Bertz CT molecular complexity index is 628. The van der Waals surface area contributed by atoms with E-state index in [0.717, 1.165) is 19.3 Å². The summed E-state index contributed by atoms with van der Waals surface area (Å²) in [5.74, 6) is -0.0939. The number of carbonyl (C=O) groups is 2. The molecule has 0 aliphatic rings. The first-order valence-corrected chi connectivity index (χ1v) is 12.2. The van der Waals surface area contributed by atoms with Crippen molar-refractivity contribution in [2.75, 3.05) is 13.7 Å². The van der Waals surface area contributed by atoms with Crippen LogP contribution >= 0.6 is 0 Å². The predicted octanol–water partition coefficient (Wildman–Crippen LogP) is 7.09. The van der Waals surface area contributed by atoms with Gasteiger partial charge in [0.25, 0.3) is 0 Å². The van der Waals surface area contributed by atoms with Gasteiger partial charge in [-0.2, -0.15) is 0 Å². The van der Waals surface area contributed by atoms with Gasteiger partial charge < -0.3 is 18.9 Å². The maximum absolute atomic E-state index is 12.3. The Morgan fingerprint density at radius 1 is 0.812 bits per heavy atom. The molecule has 0 N–H and O–H groups in total. The highest BCUT2D eigenvalue weighted by molar-refractivity contribution is 5.89. The van der Waals surface area contributed by atoms with Gasteiger partial charge in [-0.05, 0) is 43.5 Å². The SMILES string of the molecule is CCCCCCCC(CCCC)O[C@H](CC)CCOC(=O)c1ccc(OC(=O)OC)cc1. The van der Waals surface area contributed by atoms with Crippen LogP contribution in [0.1, 0.15) is 102 Å². The smallest absolute Gasteiger partial charge is 0.462 e. The highest BCUT2D eigenvalue weighted by atomic mass is 16.7. The van der Waals surface area contributed by atoms with E-state index < -0.39 is 12.1 Å². The molecular formula is C26H42O6. The van der Waals surface area contributed by atoms with E-state index in [4.69, 9.17) is 14.2 Å². The third kappa shape index (κ3) is 12.1. The van der Waals surface area contributed by atoms with E-state index in [1.54, 1.807) is 12.1 Å². The Labute approximate surface area is 194 Å². The molecule has 0 aromatic heterocycles. The quantitative estimate of drug-likeness (QED) is 0.143. The number of ether oxygens (including phenoxy) is 4. The Balaban J connectivity index is 2.43. The van der Waals surface area contributed by atoms with Gasteiger partial charge in [-0.25, -0.2) is 9.59 Å². The molecule has 182 valence electrons. The van der Waals surface area contributed by atoms with Gasteiger partial charge in [-0.1, -0.05) is 65.7 Å². The van der Waals surface area contributed by atoms with Crippen LogP contribution in [0.5, 0.6) is 5.75 Å². The van der Waals surface area contributed by atoms with E-state index in [9.17, 15) is 9.59 Å². The number of methoxy groups -OCH3 is 1. The van der Waals surface area contributed by atoms with Crippen LogP contribution in [-0.4, -0.2) is 38.0 Å². The molecule has 1 aromatic rings. The van der Waals surface area contributed by atoms with Crippen molar-refractivity contribution in [1.82, 2.24) is 0 Å². The highest BCUT2D eigenvalue weighted by Gasteiger charge is 2.16. The van der Waals surface area contributed by atoms with Crippen molar-refractivity contribution in [3.05, 3.63) is 29.8 Å². The second kappa shape index (κ2) is 17.5. The molecule has 0 radical (unpaired) electrons. The van der Waals surface area contributed by atoms with Crippen LogP contribution < -0.4 is 4.74 Å². The number of unbranched alkanes of at least 4 members (excludes halogenated alkanes) is 5. The first-order valence-electron chi connectivity index (χ1n) is 12.2. The van der Waals surface area contributed by atoms with Gasteiger partial charge in [0.1, 0.15) is 5.75 Å². The maximum Gasteiger partial charge on any atom is 0.513 e. The summed E-state index contributed by atoms with van der Waals surface area (Å²) < 4.78 is 21.2. The molecule has 0 bridgehead atoms. The number of esters is 1. The molecule has 0 aliphatic carbocycles. The van der Waals surface area contributed by atoms with Crippen molar-refractivity contribution in [3.63, 3.8) is 0 Å². The van der Waals surface area contributed by atoms with E-state index in [1.165, 1.54) is 64.2 Å². The normalized spacial score (nSPS) is 12.8. The summed E-state index contributed by atoms with van der Waals surface area (Å²) in [4.78, 5) is 23.4. The molecule has 6 heteroatoms. The summed E-state index contributed by atoms with van der Waals surface area (Å²) in [6, 6.07) is 6.19. The average Bonchev–Trinajstić information content (AvgIpc) is 2.81. The third-order valence-corrected chi connectivity index (χ3v) is 5.48. The van der Waals surface area contributed by atoms with Gasteiger partial charge in [0, 0.05) is 6.42 Å². The van der Waals surface area contributed by atoms with E-state index in [2.05, 4.69) is 25.5 Å². The molecular weight excluding hydrogens is 408 g/mol. The van der Waals surface area contributed by atoms with Crippen LogP contribution in [0.15, 0.2) is 24.3 Å². The maximum atomic E-state index is 12.3. The molecule has 0 amide bonds. The van der Waals surface area contributed by atoms with E-state index in [0.29, 0.717) is 30.4 Å². The fourth-order valence-corrected chi connectivity index (χ4v) is 3.49. The van der Waals surface area contributed by atoms with Crippen molar-refractivity contribution in [3.8, 4) is 5.75 Å². The summed E-state index contributed by atoms with van der Waals surface area (Å²) in [6.45, 7) is 6.88. The molecule has 0 heterocycles. The standard InChI is InChI=1S/C26H42O6/c1-5-8-10-11-12-14-23(13-9-6-2)31-22(7-3)19-20-30-25(27)21-15-17-24(18-16-21)32-26(28)29-4/h15-18,22-23H,5-14,19-20H2,1-4H3/t22-,23?/m1/s1. The van der Waals surface area contributed by atoms with Crippen LogP contribution in [0, 0.1) is 0 Å². The Morgan fingerprint density at radius 2 is 1.47 bits per heavy atom. The number of rotatable bonds is 17. The second-order valence-electron chi connectivity index (χ2n) is 8.14.